The van der Waals surface area contributed by atoms with Gasteiger partial charge in [0.1, 0.15) is 11.2 Å². The van der Waals surface area contributed by atoms with E-state index in [1.54, 1.807) is 18.6 Å². The Balaban J connectivity index is 1.74. The predicted octanol–water partition coefficient (Wildman–Crippen LogP) is 0.473. The summed E-state index contributed by atoms with van der Waals surface area (Å²) in [5, 5.41) is 2.83. The van der Waals surface area contributed by atoms with Gasteiger partial charge in [-0.25, -0.2) is 9.98 Å². The molecule has 2 heterocycles. The number of benzene rings is 1. The van der Waals surface area contributed by atoms with Crippen LogP contribution >= 0.6 is 0 Å². The van der Waals surface area contributed by atoms with Crippen molar-refractivity contribution in [1.82, 2.24) is 15.3 Å². The van der Waals surface area contributed by atoms with Crippen LogP contribution in [0.25, 0.3) is 0 Å². The van der Waals surface area contributed by atoms with E-state index in [1.165, 1.54) is 0 Å². The Hall–Kier alpha value is -2.76. The van der Waals surface area contributed by atoms with Crippen molar-refractivity contribution in [2.75, 3.05) is 5.73 Å². The number of rotatable bonds is 1. The Morgan fingerprint density at radius 1 is 1.19 bits per heavy atom. The molecule has 21 heavy (non-hydrogen) atoms. The minimum Gasteiger partial charge on any atom is -0.399 e. The van der Waals surface area contributed by atoms with Gasteiger partial charge in [0.25, 0.3) is 5.91 Å². The second-order valence-electron chi connectivity index (χ2n) is 5.42. The van der Waals surface area contributed by atoms with Crippen molar-refractivity contribution in [2.45, 2.75) is 18.4 Å². The van der Waals surface area contributed by atoms with E-state index >= 15 is 0 Å². The smallest absolute Gasteiger partial charge is 0.254 e. The number of carbonyl (C=O) groups excluding carboxylic acids is 1. The highest BCUT2D eigenvalue weighted by atomic mass is 16.2. The Bertz CT molecular complexity index is 771. The highest BCUT2D eigenvalue weighted by Gasteiger charge is 2.48. The van der Waals surface area contributed by atoms with E-state index in [2.05, 4.69) is 20.3 Å². The van der Waals surface area contributed by atoms with E-state index < -0.39 is 5.54 Å². The molecule has 6 heteroatoms. The van der Waals surface area contributed by atoms with Crippen LogP contribution in [-0.2, 0) is 17.6 Å². The molecule has 2 aromatic rings. The summed E-state index contributed by atoms with van der Waals surface area (Å²) >= 11 is 0. The fraction of sp³-hybridized carbons (Fsp3) is 0.200. The zero-order valence-corrected chi connectivity index (χ0v) is 11.2. The molecular formula is C15H13N5O. The van der Waals surface area contributed by atoms with Crippen molar-refractivity contribution in [1.29, 1.82) is 0 Å². The lowest BCUT2D eigenvalue weighted by Gasteiger charge is -2.14. The number of carbonyl (C=O) groups is 1. The van der Waals surface area contributed by atoms with Gasteiger partial charge in [0.2, 0.25) is 0 Å². The molecule has 1 atom stereocenters. The summed E-state index contributed by atoms with van der Waals surface area (Å²) in [7, 11) is 0. The van der Waals surface area contributed by atoms with E-state index in [0.29, 0.717) is 30.1 Å². The van der Waals surface area contributed by atoms with Crippen LogP contribution in [0.3, 0.4) is 0 Å². The SMILES string of the molecule is Nc1ccc2c(c1)CC1(C2)N=C(c2cnccn2)NC1=O. The molecule has 1 aromatic carbocycles. The molecule has 3 N–H and O–H groups in total. The van der Waals surface area contributed by atoms with Crippen molar-refractivity contribution in [3.8, 4) is 0 Å². The summed E-state index contributed by atoms with van der Waals surface area (Å²) < 4.78 is 0. The number of nitrogens with one attached hydrogen (secondary N) is 1. The maximum atomic E-state index is 12.4. The molecule has 1 amide bonds. The van der Waals surface area contributed by atoms with Crippen LogP contribution in [-0.4, -0.2) is 27.2 Å². The number of fused-ring (bicyclic) bond motifs is 1. The van der Waals surface area contributed by atoms with Crippen LogP contribution in [0.2, 0.25) is 0 Å². The first kappa shape index (κ1) is 12.0. The standard InChI is InChI=1S/C15H13N5O/c16-11-2-1-9-6-15(7-10(9)5-11)14(21)19-13(20-15)12-8-17-3-4-18-12/h1-5,8H,6-7,16H2,(H,19,20,21). The van der Waals surface area contributed by atoms with Gasteiger partial charge in [-0.3, -0.25) is 9.78 Å². The predicted molar refractivity (Wildman–Crippen MR) is 77.7 cm³/mol. The van der Waals surface area contributed by atoms with Crippen LogP contribution in [0.5, 0.6) is 0 Å². The topological polar surface area (TPSA) is 93.3 Å². The third kappa shape index (κ3) is 1.79. The average molecular weight is 279 g/mol. The molecule has 6 nitrogen and oxygen atoms in total. The maximum Gasteiger partial charge on any atom is 0.254 e. The number of nitrogens with two attached hydrogens (primary N) is 1. The molecule has 4 rings (SSSR count). The van der Waals surface area contributed by atoms with Gasteiger partial charge in [-0.05, 0) is 23.3 Å². The minimum atomic E-state index is -0.761. The summed E-state index contributed by atoms with van der Waals surface area (Å²) in [5.41, 5.74) is 8.57. The second-order valence-corrected chi connectivity index (χ2v) is 5.42. The Morgan fingerprint density at radius 2 is 2.05 bits per heavy atom. The van der Waals surface area contributed by atoms with Crippen molar-refractivity contribution >= 4 is 17.4 Å². The largest absolute Gasteiger partial charge is 0.399 e. The zero-order chi connectivity index (χ0) is 14.4. The van der Waals surface area contributed by atoms with Crippen molar-refractivity contribution in [3.05, 3.63) is 53.6 Å². The molecule has 2 aliphatic rings. The van der Waals surface area contributed by atoms with Gasteiger partial charge in [0, 0.05) is 30.9 Å². The van der Waals surface area contributed by atoms with Crippen LogP contribution in [0, 0.1) is 0 Å². The molecule has 0 fully saturated rings. The quantitative estimate of drug-likeness (QED) is 0.742. The van der Waals surface area contributed by atoms with E-state index in [-0.39, 0.29) is 5.91 Å². The molecule has 1 spiro atoms. The molecule has 1 aliphatic heterocycles. The van der Waals surface area contributed by atoms with E-state index in [9.17, 15) is 4.79 Å². The van der Waals surface area contributed by atoms with Gasteiger partial charge in [0.15, 0.2) is 5.84 Å². The number of aliphatic imine (C=N–C) groups is 1. The molecular weight excluding hydrogens is 266 g/mol. The molecule has 1 aliphatic carbocycles. The minimum absolute atomic E-state index is 0.0853. The summed E-state index contributed by atoms with van der Waals surface area (Å²) in [4.78, 5) is 25.3. The molecule has 0 saturated carbocycles. The number of amides is 1. The number of aromatic nitrogens is 2. The van der Waals surface area contributed by atoms with Crippen LogP contribution in [0.15, 0.2) is 41.8 Å². The Kier molecular flexibility index (Phi) is 2.35. The van der Waals surface area contributed by atoms with Gasteiger partial charge in [-0.2, -0.15) is 0 Å². The molecule has 0 radical (unpaired) electrons. The molecule has 0 bridgehead atoms. The average Bonchev–Trinajstić information content (AvgIpc) is 3.00. The summed E-state index contributed by atoms with van der Waals surface area (Å²) in [6.45, 7) is 0. The lowest BCUT2D eigenvalue weighted by Crippen LogP contribution is -2.40. The third-order valence-electron chi connectivity index (χ3n) is 3.98. The fourth-order valence-corrected chi connectivity index (χ4v) is 2.97. The first-order valence-corrected chi connectivity index (χ1v) is 6.71. The number of nitrogens with zero attached hydrogens (tertiary/aromatic N) is 3. The second kappa shape index (κ2) is 4.12. The Labute approximate surface area is 121 Å². The van der Waals surface area contributed by atoms with Crippen LogP contribution < -0.4 is 11.1 Å². The van der Waals surface area contributed by atoms with Gasteiger partial charge >= 0.3 is 0 Å². The lowest BCUT2D eigenvalue weighted by atomic mass is 9.97. The molecule has 1 aromatic heterocycles. The van der Waals surface area contributed by atoms with Crippen LogP contribution in [0.4, 0.5) is 5.69 Å². The van der Waals surface area contributed by atoms with Crippen molar-refractivity contribution in [3.63, 3.8) is 0 Å². The van der Waals surface area contributed by atoms with Gasteiger partial charge < -0.3 is 11.1 Å². The van der Waals surface area contributed by atoms with E-state index in [0.717, 1.165) is 11.1 Å². The maximum absolute atomic E-state index is 12.4. The first-order valence-electron chi connectivity index (χ1n) is 6.71. The third-order valence-corrected chi connectivity index (χ3v) is 3.98. The number of nitrogen functional groups attached to an aromatic ring is 1. The number of amidine groups is 1. The Morgan fingerprint density at radius 3 is 2.86 bits per heavy atom. The molecule has 104 valence electrons. The van der Waals surface area contributed by atoms with Gasteiger partial charge in [0.05, 0.1) is 6.20 Å². The molecule has 1 unspecified atom stereocenters. The summed E-state index contributed by atoms with van der Waals surface area (Å²) in [5.74, 6) is 0.409. The summed E-state index contributed by atoms with van der Waals surface area (Å²) in [6.07, 6.45) is 5.93. The van der Waals surface area contributed by atoms with E-state index in [4.69, 9.17) is 5.73 Å². The highest BCUT2D eigenvalue weighted by Crippen LogP contribution is 2.36. The number of hydrogen-bond acceptors (Lipinski definition) is 5. The van der Waals surface area contributed by atoms with Crippen molar-refractivity contribution < 1.29 is 4.79 Å². The number of hydrogen-bond donors (Lipinski definition) is 2. The monoisotopic (exact) mass is 279 g/mol. The van der Waals surface area contributed by atoms with Gasteiger partial charge in [-0.15, -0.1) is 0 Å². The normalized spacial score (nSPS) is 23.0. The zero-order valence-electron chi connectivity index (χ0n) is 11.2. The van der Waals surface area contributed by atoms with Gasteiger partial charge in [-0.1, -0.05) is 6.07 Å². The highest BCUT2D eigenvalue weighted by molar-refractivity contribution is 6.14. The van der Waals surface area contributed by atoms with Crippen LogP contribution in [0.1, 0.15) is 16.8 Å². The van der Waals surface area contributed by atoms with Crippen molar-refractivity contribution in [2.24, 2.45) is 4.99 Å². The van der Waals surface area contributed by atoms with E-state index in [1.807, 2.05) is 18.2 Å². The number of anilines is 1. The molecule has 0 saturated heterocycles. The first-order chi connectivity index (χ1) is 10.2. The lowest BCUT2D eigenvalue weighted by molar-refractivity contribution is -0.123. The summed E-state index contributed by atoms with van der Waals surface area (Å²) in [6, 6.07) is 5.76. The fourth-order valence-electron chi connectivity index (χ4n) is 2.97.